The number of aryl methyl sites for hydroxylation is 1. The molecule has 0 saturated heterocycles. The van der Waals surface area contributed by atoms with E-state index in [1.165, 1.54) is 0 Å². The van der Waals surface area contributed by atoms with Crippen LogP contribution in [0.5, 0.6) is 5.75 Å². The zero-order valence-corrected chi connectivity index (χ0v) is 8.30. The van der Waals surface area contributed by atoms with Crippen LogP contribution in [0.1, 0.15) is 12.0 Å². The van der Waals surface area contributed by atoms with Crippen LogP contribution < -0.4 is 10.1 Å². The minimum atomic E-state index is 0.0560. The van der Waals surface area contributed by atoms with Gasteiger partial charge in [0, 0.05) is 18.2 Å². The van der Waals surface area contributed by atoms with Crippen LogP contribution >= 0.6 is 11.6 Å². The van der Waals surface area contributed by atoms with Crippen LogP contribution in [-0.2, 0) is 11.2 Å². The van der Waals surface area contributed by atoms with Crippen molar-refractivity contribution >= 4 is 23.2 Å². The van der Waals surface area contributed by atoms with Crippen molar-refractivity contribution in [3.63, 3.8) is 0 Å². The van der Waals surface area contributed by atoms with Crippen molar-refractivity contribution in [1.82, 2.24) is 0 Å². The molecule has 0 fully saturated rings. The smallest absolute Gasteiger partial charge is 0.224 e. The molecule has 0 spiro atoms. The summed E-state index contributed by atoms with van der Waals surface area (Å²) < 4.78 is 5.12. The number of halogens is 1. The molecule has 0 unspecified atom stereocenters. The highest BCUT2D eigenvalue weighted by Crippen LogP contribution is 2.27. The molecule has 1 aliphatic heterocycles. The molecule has 4 heteroatoms. The van der Waals surface area contributed by atoms with Crippen LogP contribution in [0.25, 0.3) is 0 Å². The third kappa shape index (κ3) is 1.82. The van der Waals surface area contributed by atoms with Gasteiger partial charge in [0.25, 0.3) is 0 Å². The highest BCUT2D eigenvalue weighted by atomic mass is 35.5. The molecule has 74 valence electrons. The third-order valence-corrected chi connectivity index (χ3v) is 2.31. The number of rotatable bonds is 2. The first-order valence-corrected chi connectivity index (χ1v) is 4.94. The van der Waals surface area contributed by atoms with Gasteiger partial charge in [-0.3, -0.25) is 4.79 Å². The highest BCUT2D eigenvalue weighted by Gasteiger charge is 2.14. The molecule has 1 amide bonds. The number of hydrogen-bond donors (Lipinski definition) is 1. The molecule has 1 heterocycles. The average Bonchev–Trinajstić information content (AvgIpc) is 2.17. The largest absolute Gasteiger partial charge is 0.478 e. The maximum Gasteiger partial charge on any atom is 0.224 e. The second kappa shape index (κ2) is 3.88. The number of hydrogen-bond acceptors (Lipinski definition) is 2. The minimum absolute atomic E-state index is 0.0560. The molecule has 0 aromatic heterocycles. The first-order chi connectivity index (χ1) is 6.79. The summed E-state index contributed by atoms with van der Waals surface area (Å²) in [5.41, 5.74) is 1.98. The van der Waals surface area contributed by atoms with E-state index < -0.39 is 0 Å². The Morgan fingerprint density at radius 1 is 1.43 bits per heavy atom. The van der Waals surface area contributed by atoms with Gasteiger partial charge >= 0.3 is 0 Å². The summed E-state index contributed by atoms with van der Waals surface area (Å²) >= 11 is 5.44. The first kappa shape index (κ1) is 9.34. The zero-order chi connectivity index (χ0) is 9.97. The molecule has 0 saturated carbocycles. The van der Waals surface area contributed by atoms with Crippen LogP contribution in [0.3, 0.4) is 0 Å². The number of fused-ring (bicyclic) bond motifs is 1. The lowest BCUT2D eigenvalue weighted by molar-refractivity contribution is -0.116. The first-order valence-electron chi connectivity index (χ1n) is 4.41. The van der Waals surface area contributed by atoms with Gasteiger partial charge in [-0.25, -0.2) is 0 Å². The Labute approximate surface area is 87.0 Å². The predicted octanol–water partition coefficient (Wildman–Crippen LogP) is 2.15. The molecular formula is C10H10ClNO2. The van der Waals surface area contributed by atoms with Crippen molar-refractivity contribution in [1.29, 1.82) is 0 Å². The maximum atomic E-state index is 11.1. The number of carbonyl (C=O) groups is 1. The summed E-state index contributed by atoms with van der Waals surface area (Å²) in [6.07, 6.45) is 1.35. The molecule has 3 nitrogen and oxygen atoms in total. The Hall–Kier alpha value is -1.22. The van der Waals surface area contributed by atoms with Crippen LogP contribution in [-0.4, -0.2) is 12.0 Å². The summed E-state index contributed by atoms with van der Waals surface area (Å²) in [4.78, 5) is 11.1. The Kier molecular flexibility index (Phi) is 2.59. The van der Waals surface area contributed by atoms with E-state index in [4.69, 9.17) is 16.3 Å². The Bertz CT molecular complexity index is 365. The third-order valence-electron chi connectivity index (χ3n) is 2.20. The van der Waals surface area contributed by atoms with E-state index in [0.717, 1.165) is 17.7 Å². The highest BCUT2D eigenvalue weighted by molar-refractivity contribution is 6.17. The summed E-state index contributed by atoms with van der Waals surface area (Å²) in [5.74, 6) is 0.737. The monoisotopic (exact) mass is 211 g/mol. The fraction of sp³-hybridized carbons (Fsp3) is 0.300. The van der Waals surface area contributed by atoms with Gasteiger partial charge in [-0.05, 0) is 18.1 Å². The summed E-state index contributed by atoms with van der Waals surface area (Å²) in [7, 11) is 0. The predicted molar refractivity (Wildman–Crippen MR) is 54.7 cm³/mol. The van der Waals surface area contributed by atoms with Gasteiger partial charge in [0.2, 0.25) is 5.91 Å². The number of benzene rings is 1. The summed E-state index contributed by atoms with van der Waals surface area (Å²) in [6.45, 7) is 0. The van der Waals surface area contributed by atoms with Crippen molar-refractivity contribution in [2.45, 2.75) is 12.8 Å². The number of anilines is 1. The van der Waals surface area contributed by atoms with Crippen LogP contribution in [0.2, 0.25) is 0 Å². The van der Waals surface area contributed by atoms with Gasteiger partial charge in [-0.15, -0.1) is 0 Å². The molecule has 1 aliphatic rings. The fourth-order valence-corrected chi connectivity index (χ4v) is 1.63. The SMILES string of the molecule is O=C1CCc2ccc(OCCl)cc2N1. The van der Waals surface area contributed by atoms with Crippen molar-refractivity contribution in [3.8, 4) is 5.75 Å². The lowest BCUT2D eigenvalue weighted by Crippen LogP contribution is -2.18. The van der Waals surface area contributed by atoms with Gasteiger partial charge in [0.1, 0.15) is 5.75 Å². The summed E-state index contributed by atoms with van der Waals surface area (Å²) in [5, 5.41) is 2.80. The molecule has 1 N–H and O–H groups in total. The maximum absolute atomic E-state index is 11.1. The molecule has 0 aliphatic carbocycles. The van der Waals surface area contributed by atoms with Gasteiger partial charge in [-0.1, -0.05) is 17.7 Å². The molecule has 14 heavy (non-hydrogen) atoms. The molecule has 1 aromatic carbocycles. The van der Waals surface area contributed by atoms with E-state index in [9.17, 15) is 4.79 Å². The normalized spacial score (nSPS) is 14.5. The van der Waals surface area contributed by atoms with E-state index in [2.05, 4.69) is 5.32 Å². The number of carbonyl (C=O) groups excluding carboxylic acids is 1. The molecular weight excluding hydrogens is 202 g/mol. The Morgan fingerprint density at radius 2 is 2.29 bits per heavy atom. The number of nitrogens with one attached hydrogen (secondary N) is 1. The van der Waals surface area contributed by atoms with Gasteiger partial charge in [0.15, 0.2) is 6.07 Å². The van der Waals surface area contributed by atoms with E-state index >= 15 is 0 Å². The molecule has 2 rings (SSSR count). The lowest BCUT2D eigenvalue weighted by atomic mass is 10.0. The second-order valence-corrected chi connectivity index (χ2v) is 3.34. The van der Waals surface area contributed by atoms with Gasteiger partial charge in [0.05, 0.1) is 0 Å². The van der Waals surface area contributed by atoms with Crippen LogP contribution in [0.4, 0.5) is 5.69 Å². The number of amides is 1. The van der Waals surface area contributed by atoms with Crippen LogP contribution in [0, 0.1) is 0 Å². The molecule has 0 radical (unpaired) electrons. The topological polar surface area (TPSA) is 38.3 Å². The van der Waals surface area contributed by atoms with Gasteiger partial charge in [-0.2, -0.15) is 0 Å². The molecule has 0 atom stereocenters. The summed E-state index contributed by atoms with van der Waals surface area (Å²) in [6, 6.07) is 5.73. The van der Waals surface area contributed by atoms with E-state index in [1.54, 1.807) is 6.07 Å². The van der Waals surface area contributed by atoms with Crippen molar-refractivity contribution in [2.75, 3.05) is 11.4 Å². The van der Waals surface area contributed by atoms with E-state index in [-0.39, 0.29) is 12.0 Å². The van der Waals surface area contributed by atoms with Crippen molar-refractivity contribution < 1.29 is 9.53 Å². The van der Waals surface area contributed by atoms with Crippen LogP contribution in [0.15, 0.2) is 18.2 Å². The van der Waals surface area contributed by atoms with Gasteiger partial charge < -0.3 is 10.1 Å². The minimum Gasteiger partial charge on any atom is -0.478 e. The Balaban J connectivity index is 2.28. The Morgan fingerprint density at radius 3 is 3.07 bits per heavy atom. The zero-order valence-electron chi connectivity index (χ0n) is 7.55. The van der Waals surface area contributed by atoms with E-state index in [1.807, 2.05) is 12.1 Å². The standard InChI is InChI=1S/C10H10ClNO2/c11-6-14-8-3-1-7-2-4-10(13)12-9(7)5-8/h1,3,5H,2,4,6H2,(H,12,13). The quantitative estimate of drug-likeness (QED) is 0.762. The fourth-order valence-electron chi connectivity index (χ4n) is 1.50. The second-order valence-electron chi connectivity index (χ2n) is 3.12. The van der Waals surface area contributed by atoms with Crippen molar-refractivity contribution in [3.05, 3.63) is 23.8 Å². The molecule has 0 bridgehead atoms. The number of alkyl halides is 1. The average molecular weight is 212 g/mol. The van der Waals surface area contributed by atoms with E-state index in [0.29, 0.717) is 12.2 Å². The number of ether oxygens (including phenoxy) is 1. The van der Waals surface area contributed by atoms with Crippen molar-refractivity contribution in [2.24, 2.45) is 0 Å². The lowest BCUT2D eigenvalue weighted by Gasteiger charge is -2.17. The molecule has 1 aromatic rings.